The first kappa shape index (κ1) is 65.4. The van der Waals surface area contributed by atoms with Crippen LogP contribution in [0.25, 0.3) is 0 Å². The lowest BCUT2D eigenvalue weighted by Gasteiger charge is -2.63. The second-order valence-electron chi connectivity index (χ2n) is 30.9. The average molecular weight is 1220 g/mol. The Balaban J connectivity index is 0.000000182. The third kappa shape index (κ3) is 12.6. The van der Waals surface area contributed by atoms with E-state index in [0.717, 1.165) is 83.5 Å². The molecule has 0 aromatic heterocycles. The van der Waals surface area contributed by atoms with Gasteiger partial charge in [-0.3, -0.25) is 4.79 Å². The van der Waals surface area contributed by atoms with Crippen LogP contribution >= 0.6 is 0 Å². The Morgan fingerprint density at radius 2 is 0.966 bits per heavy atom. The number of ether oxygens (including phenoxy) is 8. The second-order valence-corrected chi connectivity index (χ2v) is 30.9. The quantitative estimate of drug-likeness (QED) is 0.0845. The highest BCUT2D eigenvalue weighted by molar-refractivity contribution is 5.90. The molecule has 12 rings (SSSR count). The maximum Gasteiger partial charge on any atom is 0.338 e. The van der Waals surface area contributed by atoms with Crippen LogP contribution in [-0.4, -0.2) is 87.3 Å². The van der Waals surface area contributed by atoms with Crippen molar-refractivity contribution < 1.29 is 57.1 Å². The standard InChI is InChI=1S/C38H56O6.C38H54O6/c2*1-6-41-34(39)26(3)12-10-11-25(2)29-15-16-30-33-31(17-18-37(29,30)5)36(4)19-20-38(42-21-22-43-38)24-28(36)23-32(33)44-35(40)27-13-8-7-9-14-27/h7-9,13-14,25-26,28-33H,6,10-12,15-24H2,1-5H3;7-9,12-14,25,28-33H,6,10-11,15-24H2,1-5H3/t25-,26?,28+,29-,30?,31?,32-,33?,36+,37-;25-,28+,29-,30?,31?,32-,33?,36+,37-/m11/s1. The molecule has 88 heavy (non-hydrogen) atoms. The molecule has 2 saturated heterocycles. The Kier molecular flexibility index (Phi) is 20.0. The SMILES string of the molecule is CCOC(=O)C(C)=CCC[C@@H](C)[C@H]1CCC2C3C(CC[C@@]21C)[C@@]1(C)CCC2(C[C@@H]1C[C@H]3OC(=O)c1ccccc1)OCCO2.CCOC(=O)C(C)CCC[C@@H](C)[C@H]1CCC2C3C(CC[C@@]21C)[C@@]1(C)CCC2(C[C@@H]1C[C@H]3OC(=O)c1ccccc1)OCCO2. The minimum absolute atomic E-state index is 0.0323. The number of carbonyl (C=O) groups excluding carboxylic acids is 4. The number of hydrogen-bond acceptors (Lipinski definition) is 12. The average Bonchev–Trinajstić information content (AvgIpc) is 1.70. The highest BCUT2D eigenvalue weighted by atomic mass is 16.7. The maximum absolute atomic E-state index is 13.6. The molecular weight excluding hydrogens is 1100 g/mol. The first-order chi connectivity index (χ1) is 42.2. The van der Waals surface area contributed by atoms with Gasteiger partial charge in [-0.25, -0.2) is 14.4 Å². The van der Waals surface area contributed by atoms with E-state index in [-0.39, 0.29) is 63.7 Å². The van der Waals surface area contributed by atoms with Crippen LogP contribution in [-0.2, 0) is 47.5 Å². The molecule has 7 unspecified atom stereocenters. The first-order valence-electron chi connectivity index (χ1n) is 35.3. The summed E-state index contributed by atoms with van der Waals surface area (Å²) in [6.07, 6.45) is 24.6. The van der Waals surface area contributed by atoms with Gasteiger partial charge in [0.05, 0.1) is 56.7 Å². The summed E-state index contributed by atoms with van der Waals surface area (Å²) in [6, 6.07) is 19.1. The maximum atomic E-state index is 13.6. The van der Waals surface area contributed by atoms with Gasteiger partial charge in [-0.2, -0.15) is 0 Å². The molecule has 0 N–H and O–H groups in total. The smallest absolute Gasteiger partial charge is 0.338 e. The summed E-state index contributed by atoms with van der Waals surface area (Å²) in [6.45, 7) is 26.3. The van der Waals surface area contributed by atoms with Crippen molar-refractivity contribution in [2.24, 2.45) is 98.6 Å². The monoisotopic (exact) mass is 1210 g/mol. The molecule has 2 aromatic carbocycles. The number of esters is 4. The van der Waals surface area contributed by atoms with Crippen molar-refractivity contribution in [3.05, 3.63) is 83.4 Å². The summed E-state index contributed by atoms with van der Waals surface area (Å²) < 4.78 is 48.6. The van der Waals surface area contributed by atoms with Crippen LogP contribution in [0.4, 0.5) is 0 Å². The molecule has 486 valence electrons. The Bertz CT molecular complexity index is 2750. The van der Waals surface area contributed by atoms with E-state index in [2.05, 4.69) is 47.6 Å². The highest BCUT2D eigenvalue weighted by Crippen LogP contribution is 2.72. The van der Waals surface area contributed by atoms with Gasteiger partial charge in [-0.1, -0.05) is 104 Å². The molecule has 8 aliphatic carbocycles. The normalized spacial score (nSPS) is 38.5. The van der Waals surface area contributed by atoms with Gasteiger partial charge in [0.25, 0.3) is 0 Å². The van der Waals surface area contributed by atoms with E-state index in [1.54, 1.807) is 0 Å². The van der Waals surface area contributed by atoms with Crippen LogP contribution in [0.2, 0.25) is 0 Å². The van der Waals surface area contributed by atoms with Gasteiger partial charge in [0, 0.05) is 43.1 Å². The van der Waals surface area contributed by atoms with E-state index in [1.807, 2.05) is 88.4 Å². The number of fused-ring (bicyclic) bond motifs is 10. The Hall–Kier alpha value is -4.10. The summed E-state index contributed by atoms with van der Waals surface area (Å²) in [5.41, 5.74) is 2.91. The lowest BCUT2D eigenvalue weighted by Crippen LogP contribution is -2.60. The molecular formula is C76H110O12. The fourth-order valence-corrected chi connectivity index (χ4v) is 22.0. The van der Waals surface area contributed by atoms with Crippen molar-refractivity contribution in [1.82, 2.24) is 0 Å². The van der Waals surface area contributed by atoms with E-state index in [4.69, 9.17) is 37.9 Å². The lowest BCUT2D eigenvalue weighted by atomic mass is 9.43. The van der Waals surface area contributed by atoms with E-state index < -0.39 is 11.6 Å². The minimum atomic E-state index is -0.442. The zero-order chi connectivity index (χ0) is 62.2. The van der Waals surface area contributed by atoms with Crippen LogP contribution in [0.1, 0.15) is 225 Å². The van der Waals surface area contributed by atoms with Crippen molar-refractivity contribution in [3.63, 3.8) is 0 Å². The third-order valence-corrected chi connectivity index (χ3v) is 26.7. The summed E-state index contributed by atoms with van der Waals surface area (Å²) in [5.74, 6) is 4.74. The van der Waals surface area contributed by atoms with Crippen molar-refractivity contribution in [2.75, 3.05) is 39.6 Å². The van der Waals surface area contributed by atoms with Gasteiger partial charge in [-0.15, -0.1) is 0 Å². The van der Waals surface area contributed by atoms with Gasteiger partial charge >= 0.3 is 23.9 Å². The summed E-state index contributed by atoms with van der Waals surface area (Å²) >= 11 is 0. The van der Waals surface area contributed by atoms with Crippen LogP contribution in [0.3, 0.4) is 0 Å². The number of benzene rings is 2. The number of hydrogen-bond donors (Lipinski definition) is 0. The molecule has 0 amide bonds. The molecule has 12 nitrogen and oxygen atoms in total. The molecule has 10 aliphatic rings. The number of carbonyl (C=O) groups is 4. The topological polar surface area (TPSA) is 142 Å². The van der Waals surface area contributed by atoms with E-state index in [0.29, 0.717) is 127 Å². The van der Waals surface area contributed by atoms with Crippen molar-refractivity contribution >= 4 is 23.9 Å². The van der Waals surface area contributed by atoms with Gasteiger partial charge in [-0.05, 0) is 222 Å². The molecule has 2 aromatic rings. The van der Waals surface area contributed by atoms with Crippen LogP contribution in [0.5, 0.6) is 0 Å². The third-order valence-electron chi connectivity index (χ3n) is 26.7. The van der Waals surface area contributed by atoms with Crippen molar-refractivity contribution in [2.45, 2.75) is 228 Å². The minimum Gasteiger partial charge on any atom is -0.466 e. The molecule has 2 aliphatic heterocycles. The van der Waals surface area contributed by atoms with Crippen LogP contribution in [0.15, 0.2) is 72.3 Å². The fourth-order valence-electron chi connectivity index (χ4n) is 22.0. The zero-order valence-corrected chi connectivity index (χ0v) is 55.5. The second kappa shape index (κ2) is 26.9. The predicted octanol–water partition coefficient (Wildman–Crippen LogP) is 16.4. The Labute approximate surface area is 528 Å². The van der Waals surface area contributed by atoms with Crippen LogP contribution in [0, 0.1) is 98.6 Å². The van der Waals surface area contributed by atoms with Gasteiger partial charge in [0.2, 0.25) is 0 Å². The van der Waals surface area contributed by atoms with E-state index in [9.17, 15) is 19.2 Å². The van der Waals surface area contributed by atoms with Crippen molar-refractivity contribution in [1.29, 1.82) is 0 Å². The predicted molar refractivity (Wildman–Crippen MR) is 339 cm³/mol. The van der Waals surface area contributed by atoms with Crippen molar-refractivity contribution in [3.8, 4) is 0 Å². The van der Waals surface area contributed by atoms with E-state index in [1.165, 1.54) is 51.4 Å². The lowest BCUT2D eigenvalue weighted by molar-refractivity contribution is -0.243. The number of allylic oxidation sites excluding steroid dienone is 1. The molecule has 2 heterocycles. The Morgan fingerprint density at radius 1 is 0.534 bits per heavy atom. The molecule has 8 saturated carbocycles. The fraction of sp³-hybridized carbons (Fsp3) is 0.763. The zero-order valence-electron chi connectivity index (χ0n) is 55.5. The Morgan fingerprint density at radius 3 is 1.41 bits per heavy atom. The molecule has 10 fully saturated rings. The molecule has 12 heteroatoms. The molecule has 0 bridgehead atoms. The first-order valence-corrected chi connectivity index (χ1v) is 35.3. The molecule has 19 atom stereocenters. The van der Waals surface area contributed by atoms with Gasteiger partial charge < -0.3 is 37.9 Å². The number of rotatable bonds is 17. The summed E-state index contributed by atoms with van der Waals surface area (Å²) in [7, 11) is 0. The molecule has 2 spiro atoms. The molecule has 0 radical (unpaired) electrons. The summed E-state index contributed by atoms with van der Waals surface area (Å²) in [5, 5.41) is 0. The van der Waals surface area contributed by atoms with Gasteiger partial charge in [0.1, 0.15) is 12.2 Å². The van der Waals surface area contributed by atoms with Gasteiger partial charge in [0.15, 0.2) is 11.6 Å². The van der Waals surface area contributed by atoms with Crippen LogP contribution < -0.4 is 0 Å². The summed E-state index contributed by atoms with van der Waals surface area (Å²) in [4.78, 5) is 51.4. The van der Waals surface area contributed by atoms with E-state index >= 15 is 0 Å². The largest absolute Gasteiger partial charge is 0.466 e. The highest BCUT2D eigenvalue weighted by Gasteiger charge is 2.68.